The lowest BCUT2D eigenvalue weighted by Gasteiger charge is -2.17. The summed E-state index contributed by atoms with van der Waals surface area (Å²) in [5.41, 5.74) is 3.23. The lowest BCUT2D eigenvalue weighted by Crippen LogP contribution is -2.19. The Labute approximate surface area is 150 Å². The van der Waals surface area contributed by atoms with E-state index in [1.807, 2.05) is 56.3 Å². The van der Waals surface area contributed by atoms with Crippen molar-refractivity contribution in [2.24, 2.45) is 11.8 Å². The minimum Gasteiger partial charge on any atom is -0.490 e. The van der Waals surface area contributed by atoms with E-state index in [-0.39, 0.29) is 12.0 Å². The third-order valence-electron chi connectivity index (χ3n) is 4.92. The molecule has 3 heteroatoms. The molecule has 25 heavy (non-hydrogen) atoms. The van der Waals surface area contributed by atoms with Gasteiger partial charge in [0.1, 0.15) is 11.9 Å². The molecule has 3 nitrogen and oxygen atoms in total. The molecule has 1 N–H and O–H groups in total. The highest BCUT2D eigenvalue weighted by Gasteiger charge is 2.34. The number of ether oxygens (including phenoxy) is 1. The van der Waals surface area contributed by atoms with E-state index < -0.39 is 0 Å². The van der Waals surface area contributed by atoms with E-state index in [4.69, 9.17) is 4.74 Å². The van der Waals surface area contributed by atoms with Gasteiger partial charge in [-0.3, -0.25) is 4.79 Å². The highest BCUT2D eigenvalue weighted by atomic mass is 16.5. The van der Waals surface area contributed by atoms with Gasteiger partial charge in [0, 0.05) is 12.1 Å². The maximum atomic E-state index is 12.4. The minimum absolute atomic E-state index is 0.0996. The summed E-state index contributed by atoms with van der Waals surface area (Å²) in [5, 5.41) is 3.05. The molecule has 0 radical (unpaired) electrons. The molecule has 0 bridgehead atoms. The van der Waals surface area contributed by atoms with Crippen molar-refractivity contribution in [1.82, 2.24) is 0 Å². The maximum Gasteiger partial charge on any atom is 0.224 e. The second-order valence-corrected chi connectivity index (χ2v) is 7.41. The normalized spacial score (nSPS) is 22.6. The molecule has 0 aliphatic heterocycles. The van der Waals surface area contributed by atoms with Crippen molar-refractivity contribution < 1.29 is 9.53 Å². The number of hydrogen-bond acceptors (Lipinski definition) is 2. The lowest BCUT2D eigenvalue weighted by molar-refractivity contribution is -0.117. The Balaban J connectivity index is 1.54. The maximum absolute atomic E-state index is 12.4. The van der Waals surface area contributed by atoms with E-state index in [9.17, 15) is 4.79 Å². The van der Waals surface area contributed by atoms with Gasteiger partial charge < -0.3 is 10.1 Å². The number of amides is 1. The van der Waals surface area contributed by atoms with Crippen LogP contribution in [0.3, 0.4) is 0 Å². The summed E-state index contributed by atoms with van der Waals surface area (Å²) < 4.78 is 6.12. The molecule has 0 aromatic heterocycles. The van der Waals surface area contributed by atoms with E-state index in [2.05, 4.69) is 18.3 Å². The van der Waals surface area contributed by atoms with Gasteiger partial charge in [0.2, 0.25) is 5.91 Å². The molecule has 1 aliphatic carbocycles. The summed E-state index contributed by atoms with van der Waals surface area (Å²) in [6.07, 6.45) is 2.74. The van der Waals surface area contributed by atoms with Crippen LogP contribution in [0.5, 0.6) is 5.75 Å². The first-order valence-corrected chi connectivity index (χ1v) is 9.09. The van der Waals surface area contributed by atoms with Gasteiger partial charge in [0.25, 0.3) is 0 Å². The Morgan fingerprint density at radius 3 is 2.44 bits per heavy atom. The van der Waals surface area contributed by atoms with Crippen LogP contribution < -0.4 is 10.1 Å². The average molecular weight is 337 g/mol. The first-order chi connectivity index (χ1) is 12.0. The molecule has 3 rings (SSSR count). The predicted molar refractivity (Wildman–Crippen MR) is 102 cm³/mol. The number of nitrogens with one attached hydrogen (secondary N) is 1. The molecule has 0 saturated heterocycles. The fourth-order valence-corrected chi connectivity index (χ4v) is 3.86. The van der Waals surface area contributed by atoms with E-state index >= 15 is 0 Å². The highest BCUT2D eigenvalue weighted by molar-refractivity contribution is 5.91. The molecule has 1 fully saturated rings. The largest absolute Gasteiger partial charge is 0.490 e. The monoisotopic (exact) mass is 337 g/mol. The molecule has 1 aliphatic rings. The van der Waals surface area contributed by atoms with Crippen LogP contribution in [0, 0.1) is 25.7 Å². The second-order valence-electron chi connectivity index (χ2n) is 7.41. The van der Waals surface area contributed by atoms with E-state index in [1.54, 1.807) is 0 Å². The number of carbonyl (C=O) groups is 1. The molecule has 3 unspecified atom stereocenters. The van der Waals surface area contributed by atoms with E-state index in [0.717, 1.165) is 24.3 Å². The third-order valence-corrected chi connectivity index (χ3v) is 4.92. The van der Waals surface area contributed by atoms with Gasteiger partial charge in [-0.05, 0) is 73.9 Å². The lowest BCUT2D eigenvalue weighted by atomic mass is 10.0. The molecular weight excluding hydrogens is 310 g/mol. The van der Waals surface area contributed by atoms with Gasteiger partial charge in [-0.2, -0.15) is 0 Å². The smallest absolute Gasteiger partial charge is 0.224 e. The number of aryl methyl sites for hydroxylation is 2. The number of rotatable bonds is 5. The number of para-hydroxylation sites is 1. The van der Waals surface area contributed by atoms with Crippen molar-refractivity contribution in [2.45, 2.75) is 46.1 Å². The Bertz CT molecular complexity index is 706. The summed E-state index contributed by atoms with van der Waals surface area (Å²) in [6.45, 7) is 6.31. The van der Waals surface area contributed by atoms with Gasteiger partial charge in [0.05, 0.1) is 0 Å². The molecule has 3 atom stereocenters. The number of hydrogen-bond donors (Lipinski definition) is 1. The summed E-state index contributed by atoms with van der Waals surface area (Å²) in [4.78, 5) is 12.4. The Morgan fingerprint density at radius 2 is 1.76 bits per heavy atom. The summed E-state index contributed by atoms with van der Waals surface area (Å²) in [5.74, 6) is 1.87. The van der Waals surface area contributed by atoms with Crippen LogP contribution in [0.4, 0.5) is 5.69 Å². The zero-order valence-electron chi connectivity index (χ0n) is 15.3. The summed E-state index contributed by atoms with van der Waals surface area (Å²) in [6, 6.07) is 16.1. The molecule has 2 aromatic rings. The van der Waals surface area contributed by atoms with E-state index in [0.29, 0.717) is 18.3 Å². The SMILES string of the molecule is Cc1cc(C)cc(NC(=O)CC2CC(C)C(Oc3ccccc3)C2)c1. The molecule has 1 saturated carbocycles. The fraction of sp³-hybridized carbons (Fsp3) is 0.409. The molecule has 132 valence electrons. The van der Waals surface area contributed by atoms with Crippen molar-refractivity contribution in [3.8, 4) is 5.75 Å². The van der Waals surface area contributed by atoms with Crippen molar-refractivity contribution in [3.05, 3.63) is 59.7 Å². The van der Waals surface area contributed by atoms with Gasteiger partial charge >= 0.3 is 0 Å². The topological polar surface area (TPSA) is 38.3 Å². The summed E-state index contributed by atoms with van der Waals surface area (Å²) >= 11 is 0. The molecule has 2 aromatic carbocycles. The van der Waals surface area contributed by atoms with Gasteiger partial charge in [-0.1, -0.05) is 31.2 Å². The number of anilines is 1. The summed E-state index contributed by atoms with van der Waals surface area (Å²) in [7, 11) is 0. The highest BCUT2D eigenvalue weighted by Crippen LogP contribution is 2.36. The first kappa shape index (κ1) is 17.5. The standard InChI is InChI=1S/C22H27NO2/c1-15-9-16(2)11-19(10-15)23-22(24)14-18-12-17(3)21(13-18)25-20-7-5-4-6-8-20/h4-11,17-18,21H,12-14H2,1-3H3,(H,23,24). The van der Waals surface area contributed by atoms with Gasteiger partial charge in [-0.25, -0.2) is 0 Å². The molecular formula is C22H27NO2. The zero-order chi connectivity index (χ0) is 17.8. The van der Waals surface area contributed by atoms with Crippen molar-refractivity contribution in [1.29, 1.82) is 0 Å². The zero-order valence-corrected chi connectivity index (χ0v) is 15.3. The second kappa shape index (κ2) is 7.73. The number of carbonyl (C=O) groups excluding carboxylic acids is 1. The number of benzene rings is 2. The Morgan fingerprint density at radius 1 is 1.08 bits per heavy atom. The van der Waals surface area contributed by atoms with Crippen LogP contribution in [0.2, 0.25) is 0 Å². The van der Waals surface area contributed by atoms with Crippen LogP contribution in [0.25, 0.3) is 0 Å². The van der Waals surface area contributed by atoms with Crippen LogP contribution in [-0.2, 0) is 4.79 Å². The molecule has 0 heterocycles. The van der Waals surface area contributed by atoms with Crippen molar-refractivity contribution in [2.75, 3.05) is 5.32 Å². The van der Waals surface area contributed by atoms with Crippen LogP contribution in [0.1, 0.15) is 37.3 Å². The molecule has 1 amide bonds. The van der Waals surface area contributed by atoms with Crippen molar-refractivity contribution in [3.63, 3.8) is 0 Å². The molecule has 0 spiro atoms. The van der Waals surface area contributed by atoms with Crippen LogP contribution >= 0.6 is 0 Å². The van der Waals surface area contributed by atoms with Crippen LogP contribution in [0.15, 0.2) is 48.5 Å². The van der Waals surface area contributed by atoms with E-state index in [1.165, 1.54) is 11.1 Å². The van der Waals surface area contributed by atoms with Crippen molar-refractivity contribution >= 4 is 11.6 Å². The Kier molecular flexibility index (Phi) is 5.42. The first-order valence-electron chi connectivity index (χ1n) is 9.09. The van der Waals surface area contributed by atoms with Gasteiger partial charge in [0.15, 0.2) is 0 Å². The van der Waals surface area contributed by atoms with Gasteiger partial charge in [-0.15, -0.1) is 0 Å². The average Bonchev–Trinajstić information content (AvgIpc) is 2.86. The third kappa shape index (κ3) is 4.85. The predicted octanol–water partition coefficient (Wildman–Crippen LogP) is 5.13. The quantitative estimate of drug-likeness (QED) is 0.822. The Hall–Kier alpha value is -2.29. The minimum atomic E-state index is 0.0996. The fourth-order valence-electron chi connectivity index (χ4n) is 3.86. The van der Waals surface area contributed by atoms with Crippen LogP contribution in [-0.4, -0.2) is 12.0 Å².